The van der Waals surface area contributed by atoms with Gasteiger partial charge in [0.25, 0.3) is 0 Å². The number of hydrogen-bond donors (Lipinski definition) is 3. The Morgan fingerprint density at radius 2 is 0.651 bits per heavy atom. The van der Waals surface area contributed by atoms with Crippen LogP contribution in [0.25, 0.3) is 0 Å². The highest BCUT2D eigenvalue weighted by Crippen LogP contribution is 2.45. The molecular formula is C64H120O17P2. The van der Waals surface area contributed by atoms with Crippen LogP contribution in [0.5, 0.6) is 0 Å². The molecule has 5 atom stereocenters. The first-order valence-corrected chi connectivity index (χ1v) is 35.9. The second-order valence-electron chi connectivity index (χ2n) is 22.9. The summed E-state index contributed by atoms with van der Waals surface area (Å²) in [5.41, 5.74) is 0. The molecule has 0 radical (unpaired) electrons. The van der Waals surface area contributed by atoms with E-state index in [-0.39, 0.29) is 25.7 Å². The lowest BCUT2D eigenvalue weighted by Crippen LogP contribution is -2.30. The third-order valence-corrected chi connectivity index (χ3v) is 16.1. The number of unbranched alkanes of at least 4 members (excludes halogenated alkanes) is 31. The van der Waals surface area contributed by atoms with Crippen molar-refractivity contribution in [1.82, 2.24) is 0 Å². The van der Waals surface area contributed by atoms with Gasteiger partial charge in [0.2, 0.25) is 0 Å². The molecule has 19 heteroatoms. The molecule has 0 aliphatic rings. The molecule has 0 fully saturated rings. The smallest absolute Gasteiger partial charge is 0.462 e. The molecule has 0 rings (SSSR count). The first-order chi connectivity index (χ1) is 40.0. The van der Waals surface area contributed by atoms with E-state index in [1.165, 1.54) is 96.3 Å². The van der Waals surface area contributed by atoms with Gasteiger partial charge in [-0.3, -0.25) is 37.3 Å². The maximum atomic E-state index is 13.0. The van der Waals surface area contributed by atoms with E-state index < -0.39 is 97.5 Å². The van der Waals surface area contributed by atoms with Crippen LogP contribution in [0.2, 0.25) is 0 Å². The average molecular weight is 1220 g/mol. The summed E-state index contributed by atoms with van der Waals surface area (Å²) in [6.45, 7) is 6.97. The van der Waals surface area contributed by atoms with E-state index in [2.05, 4.69) is 58.9 Å². The number of carbonyl (C=O) groups excluding carboxylic acids is 4. The summed E-state index contributed by atoms with van der Waals surface area (Å²) in [7, 11) is -9.88. The summed E-state index contributed by atoms with van der Waals surface area (Å²) in [5, 5.41) is 10.5. The molecule has 17 nitrogen and oxygen atoms in total. The molecule has 3 N–H and O–H groups in total. The highest BCUT2D eigenvalue weighted by atomic mass is 31.2. The normalized spacial score (nSPS) is 14.4. The molecule has 0 saturated carbocycles. The fraction of sp³-hybridized carbons (Fsp3) is 0.875. The van der Waals surface area contributed by atoms with E-state index in [4.69, 9.17) is 37.0 Å². The van der Waals surface area contributed by atoms with Gasteiger partial charge in [0.15, 0.2) is 12.2 Å². The Kier molecular flexibility index (Phi) is 55.6. The maximum Gasteiger partial charge on any atom is 0.472 e. The van der Waals surface area contributed by atoms with Crippen molar-refractivity contribution in [3.63, 3.8) is 0 Å². The standard InChI is InChI=1S/C64H120O17P2/c1-6-9-12-15-16-17-18-19-21-25-28-31-34-39-43-48-62(67)75-54-60(81-64(69)50-45-40-35-32-29-26-23-20-22-24-27-30-33-38-41-46-57(4)5)56-79-83(72,73)77-52-58(65)51-76-82(70,71)78-55-59(80-63(68)49-44-37-14-11-8-3)53-74-61(66)47-42-36-13-10-7-2/h17-19,21,57-60,65H,6-16,20,22-56H2,1-5H3,(H,70,71)(H,72,73)/b18-17-,21-19-/t58-,59+,60+/m0/s1. The van der Waals surface area contributed by atoms with Crippen LogP contribution in [-0.4, -0.2) is 96.7 Å². The second kappa shape index (κ2) is 57.3. The lowest BCUT2D eigenvalue weighted by molar-refractivity contribution is -0.161. The van der Waals surface area contributed by atoms with Crippen molar-refractivity contribution in [2.45, 2.75) is 316 Å². The third-order valence-electron chi connectivity index (χ3n) is 14.2. The predicted molar refractivity (Wildman–Crippen MR) is 331 cm³/mol. The van der Waals surface area contributed by atoms with Crippen LogP contribution in [-0.2, 0) is 65.4 Å². The lowest BCUT2D eigenvalue weighted by Gasteiger charge is -2.21. The number of hydrogen-bond acceptors (Lipinski definition) is 15. The quantitative estimate of drug-likeness (QED) is 0.0169. The highest BCUT2D eigenvalue weighted by Gasteiger charge is 2.30. The maximum absolute atomic E-state index is 13.0. The average Bonchev–Trinajstić information content (AvgIpc) is 3.45. The first kappa shape index (κ1) is 80.5. The zero-order valence-corrected chi connectivity index (χ0v) is 54.6. The number of aliphatic hydroxyl groups is 1. The molecule has 0 aromatic carbocycles. The number of aliphatic hydroxyl groups excluding tert-OH is 1. The molecule has 0 aliphatic heterocycles. The lowest BCUT2D eigenvalue weighted by atomic mass is 10.0. The molecule has 488 valence electrons. The number of phosphoric ester groups is 2. The predicted octanol–water partition coefficient (Wildman–Crippen LogP) is 17.3. The zero-order valence-electron chi connectivity index (χ0n) is 52.8. The molecule has 0 aromatic rings. The highest BCUT2D eigenvalue weighted by molar-refractivity contribution is 7.47. The minimum atomic E-state index is -4.95. The van der Waals surface area contributed by atoms with E-state index in [0.29, 0.717) is 25.7 Å². The Hall–Kier alpha value is -2.46. The summed E-state index contributed by atoms with van der Waals surface area (Å²) in [6.07, 6.45) is 44.8. The number of allylic oxidation sites excluding steroid dienone is 4. The summed E-state index contributed by atoms with van der Waals surface area (Å²) >= 11 is 0. The number of phosphoric acid groups is 2. The van der Waals surface area contributed by atoms with Crippen LogP contribution in [0.15, 0.2) is 24.3 Å². The third kappa shape index (κ3) is 58.3. The number of esters is 4. The van der Waals surface area contributed by atoms with Crippen molar-refractivity contribution >= 4 is 39.5 Å². The molecule has 0 heterocycles. The van der Waals surface area contributed by atoms with E-state index in [9.17, 15) is 43.2 Å². The van der Waals surface area contributed by atoms with E-state index in [1.54, 1.807) is 0 Å². The van der Waals surface area contributed by atoms with E-state index >= 15 is 0 Å². The van der Waals surface area contributed by atoms with Crippen molar-refractivity contribution in [3.8, 4) is 0 Å². The minimum absolute atomic E-state index is 0.0965. The zero-order chi connectivity index (χ0) is 61.3. The molecular weight excluding hydrogens is 1100 g/mol. The van der Waals surface area contributed by atoms with Gasteiger partial charge in [-0.1, -0.05) is 245 Å². The Bertz CT molecular complexity index is 1710. The van der Waals surface area contributed by atoms with Gasteiger partial charge in [0.05, 0.1) is 26.4 Å². The van der Waals surface area contributed by atoms with Gasteiger partial charge in [-0.05, 0) is 57.3 Å². The Morgan fingerprint density at radius 3 is 0.988 bits per heavy atom. The minimum Gasteiger partial charge on any atom is -0.462 e. The van der Waals surface area contributed by atoms with Crippen LogP contribution < -0.4 is 0 Å². The Balaban J connectivity index is 5.13. The fourth-order valence-corrected chi connectivity index (χ4v) is 10.6. The van der Waals surface area contributed by atoms with Gasteiger partial charge in [0.1, 0.15) is 19.3 Å². The molecule has 0 spiro atoms. The summed E-state index contributed by atoms with van der Waals surface area (Å²) < 4.78 is 67.5. The van der Waals surface area contributed by atoms with Crippen LogP contribution in [0, 0.1) is 5.92 Å². The van der Waals surface area contributed by atoms with Crippen LogP contribution in [0.3, 0.4) is 0 Å². The Morgan fingerprint density at radius 1 is 0.373 bits per heavy atom. The molecule has 0 bridgehead atoms. The van der Waals surface area contributed by atoms with Crippen LogP contribution in [0.1, 0.15) is 298 Å². The number of ether oxygens (including phenoxy) is 4. The van der Waals surface area contributed by atoms with Crippen LogP contribution in [0.4, 0.5) is 0 Å². The Labute approximate surface area is 503 Å². The van der Waals surface area contributed by atoms with E-state index in [1.807, 2.05) is 0 Å². The topological polar surface area (TPSA) is 237 Å². The van der Waals surface area contributed by atoms with Gasteiger partial charge in [-0.15, -0.1) is 0 Å². The molecule has 0 aliphatic carbocycles. The number of carbonyl (C=O) groups is 4. The van der Waals surface area contributed by atoms with Crippen LogP contribution >= 0.6 is 15.6 Å². The first-order valence-electron chi connectivity index (χ1n) is 33.0. The molecule has 2 unspecified atom stereocenters. The van der Waals surface area contributed by atoms with Gasteiger partial charge in [-0.2, -0.15) is 0 Å². The monoisotopic (exact) mass is 1220 g/mol. The van der Waals surface area contributed by atoms with Crippen molar-refractivity contribution in [2.24, 2.45) is 5.92 Å². The fourth-order valence-electron chi connectivity index (χ4n) is 9.04. The molecule has 0 aromatic heterocycles. The largest absolute Gasteiger partial charge is 0.472 e. The summed E-state index contributed by atoms with van der Waals surface area (Å²) in [5.74, 6) is -1.39. The van der Waals surface area contributed by atoms with Gasteiger partial charge >= 0.3 is 39.5 Å². The van der Waals surface area contributed by atoms with Gasteiger partial charge in [-0.25, -0.2) is 9.13 Å². The van der Waals surface area contributed by atoms with Gasteiger partial charge < -0.3 is 33.8 Å². The molecule has 83 heavy (non-hydrogen) atoms. The summed E-state index contributed by atoms with van der Waals surface area (Å²) in [4.78, 5) is 71.6. The van der Waals surface area contributed by atoms with Crippen molar-refractivity contribution in [1.29, 1.82) is 0 Å². The molecule has 0 amide bonds. The van der Waals surface area contributed by atoms with Gasteiger partial charge in [0, 0.05) is 25.7 Å². The van der Waals surface area contributed by atoms with Crippen molar-refractivity contribution in [3.05, 3.63) is 24.3 Å². The SMILES string of the molecule is CCCCCC/C=C\C=C/CCCCCCCC(=O)OC[C@H](COP(=O)(O)OC[C@@H](O)COP(=O)(O)OC[C@@H](COC(=O)CCCCCCC)OC(=O)CCCCCCC)OC(=O)CCCCCCCCCCCCCCCCCC(C)C. The number of rotatable bonds is 62. The van der Waals surface area contributed by atoms with Crippen molar-refractivity contribution in [2.75, 3.05) is 39.6 Å². The summed E-state index contributed by atoms with van der Waals surface area (Å²) in [6, 6.07) is 0. The molecule has 0 saturated heterocycles. The van der Waals surface area contributed by atoms with Crippen molar-refractivity contribution < 1.29 is 80.2 Å². The van der Waals surface area contributed by atoms with E-state index in [0.717, 1.165) is 121 Å². The second-order valence-corrected chi connectivity index (χ2v) is 25.8.